The van der Waals surface area contributed by atoms with E-state index in [0.717, 1.165) is 16.8 Å². The van der Waals surface area contributed by atoms with Gasteiger partial charge in [0.25, 0.3) is 0 Å². The van der Waals surface area contributed by atoms with Crippen molar-refractivity contribution in [2.75, 3.05) is 0 Å². The van der Waals surface area contributed by atoms with Gasteiger partial charge in [-0.2, -0.15) is 0 Å². The van der Waals surface area contributed by atoms with Crippen molar-refractivity contribution >= 4 is 16.9 Å². The van der Waals surface area contributed by atoms with E-state index in [-0.39, 0.29) is 24.3 Å². The maximum Gasteiger partial charge on any atom is 0.303 e. The van der Waals surface area contributed by atoms with Crippen LogP contribution in [-0.4, -0.2) is 15.6 Å². The molecular formula is C19H25NO3. The maximum absolute atomic E-state index is 12.9. The van der Waals surface area contributed by atoms with Crippen LogP contribution in [0.2, 0.25) is 0 Å². The van der Waals surface area contributed by atoms with Crippen LogP contribution in [0.1, 0.15) is 62.9 Å². The molecule has 0 radical (unpaired) electrons. The Kier molecular flexibility index (Phi) is 4.93. The summed E-state index contributed by atoms with van der Waals surface area (Å²) in [6, 6.07) is 6.04. The van der Waals surface area contributed by atoms with E-state index in [1.54, 1.807) is 0 Å². The van der Waals surface area contributed by atoms with Gasteiger partial charge >= 0.3 is 5.97 Å². The molecule has 23 heavy (non-hydrogen) atoms. The number of hydrogen-bond donors (Lipinski definition) is 1. The van der Waals surface area contributed by atoms with Gasteiger partial charge in [0, 0.05) is 29.1 Å². The Morgan fingerprint density at radius 3 is 2.39 bits per heavy atom. The first-order valence-electron chi connectivity index (χ1n) is 8.14. The van der Waals surface area contributed by atoms with Gasteiger partial charge in [-0.1, -0.05) is 26.0 Å². The van der Waals surface area contributed by atoms with Gasteiger partial charge < -0.3 is 9.67 Å². The summed E-state index contributed by atoms with van der Waals surface area (Å²) in [4.78, 5) is 23.8. The van der Waals surface area contributed by atoms with Crippen molar-refractivity contribution in [1.82, 2.24) is 4.57 Å². The van der Waals surface area contributed by atoms with Gasteiger partial charge in [-0.3, -0.25) is 9.59 Å². The Hall–Kier alpha value is -2.10. The minimum absolute atomic E-state index is 0.0243. The normalized spacial score (nSPS) is 11.6. The predicted molar refractivity (Wildman–Crippen MR) is 93.4 cm³/mol. The van der Waals surface area contributed by atoms with Crippen LogP contribution in [0.5, 0.6) is 0 Å². The third kappa shape index (κ3) is 3.16. The van der Waals surface area contributed by atoms with Gasteiger partial charge in [0.2, 0.25) is 0 Å². The lowest BCUT2D eigenvalue weighted by Crippen LogP contribution is -2.22. The van der Waals surface area contributed by atoms with Crippen LogP contribution in [0.15, 0.2) is 23.0 Å². The Morgan fingerprint density at radius 1 is 1.22 bits per heavy atom. The van der Waals surface area contributed by atoms with Crippen molar-refractivity contribution in [3.05, 3.63) is 45.2 Å². The second kappa shape index (κ2) is 6.57. The molecule has 0 spiro atoms. The van der Waals surface area contributed by atoms with Crippen molar-refractivity contribution in [2.45, 2.75) is 59.4 Å². The molecule has 2 aromatic rings. The number of para-hydroxylation sites is 1. The molecule has 1 N–H and O–H groups in total. The first kappa shape index (κ1) is 17.3. The van der Waals surface area contributed by atoms with Crippen LogP contribution in [0.4, 0.5) is 0 Å². The van der Waals surface area contributed by atoms with E-state index < -0.39 is 5.97 Å². The zero-order valence-corrected chi connectivity index (χ0v) is 14.5. The lowest BCUT2D eigenvalue weighted by molar-refractivity contribution is -0.136. The minimum atomic E-state index is -0.879. The summed E-state index contributed by atoms with van der Waals surface area (Å²) in [5, 5.41) is 9.65. The zero-order valence-electron chi connectivity index (χ0n) is 14.5. The molecular weight excluding hydrogens is 290 g/mol. The van der Waals surface area contributed by atoms with Crippen LogP contribution in [0.3, 0.4) is 0 Å². The van der Waals surface area contributed by atoms with Gasteiger partial charge in [-0.05, 0) is 44.7 Å². The number of carboxylic acid groups (broad SMARTS) is 1. The molecule has 0 saturated heterocycles. The highest BCUT2D eigenvalue weighted by Gasteiger charge is 2.19. The average Bonchev–Trinajstić information content (AvgIpc) is 2.45. The predicted octanol–water partition coefficient (Wildman–Crippen LogP) is 4.03. The van der Waals surface area contributed by atoms with E-state index in [9.17, 15) is 9.59 Å². The summed E-state index contributed by atoms with van der Waals surface area (Å²) in [6.45, 7) is 10.4. The molecule has 1 heterocycles. The fourth-order valence-corrected chi connectivity index (χ4v) is 3.29. The molecule has 0 unspecified atom stereocenters. The highest BCUT2D eigenvalue weighted by atomic mass is 16.4. The van der Waals surface area contributed by atoms with Crippen molar-refractivity contribution in [3.63, 3.8) is 0 Å². The van der Waals surface area contributed by atoms with Crippen molar-refractivity contribution in [2.24, 2.45) is 0 Å². The number of benzene rings is 1. The van der Waals surface area contributed by atoms with E-state index in [4.69, 9.17) is 5.11 Å². The van der Waals surface area contributed by atoms with Gasteiger partial charge in [0.15, 0.2) is 5.43 Å². The quantitative estimate of drug-likeness (QED) is 0.906. The standard InChI is InChI=1S/C19H25NO3/c1-11(2)14-7-6-8-16-18(14)20(12(3)4)13(5)15(19(16)23)9-10-17(21)22/h6-8,11-12H,9-10H2,1-5H3,(H,21,22). The van der Waals surface area contributed by atoms with Crippen LogP contribution < -0.4 is 5.43 Å². The zero-order chi connectivity index (χ0) is 17.3. The van der Waals surface area contributed by atoms with Crippen molar-refractivity contribution < 1.29 is 9.90 Å². The Morgan fingerprint density at radius 2 is 1.87 bits per heavy atom. The lowest BCUT2D eigenvalue weighted by atomic mass is 9.95. The van der Waals surface area contributed by atoms with E-state index in [1.807, 2.05) is 19.1 Å². The number of rotatable bonds is 5. The molecule has 0 bridgehead atoms. The van der Waals surface area contributed by atoms with Gasteiger partial charge in [0.1, 0.15) is 0 Å². The number of carbonyl (C=O) groups is 1. The second-order valence-corrected chi connectivity index (χ2v) is 6.65. The van der Waals surface area contributed by atoms with E-state index in [2.05, 4.69) is 38.3 Å². The topological polar surface area (TPSA) is 59.3 Å². The highest BCUT2D eigenvalue weighted by Crippen LogP contribution is 2.28. The van der Waals surface area contributed by atoms with Crippen LogP contribution in [-0.2, 0) is 11.2 Å². The monoisotopic (exact) mass is 315 g/mol. The summed E-state index contributed by atoms with van der Waals surface area (Å²) < 4.78 is 2.18. The number of hydrogen-bond acceptors (Lipinski definition) is 2. The van der Waals surface area contributed by atoms with Gasteiger partial charge in [-0.15, -0.1) is 0 Å². The minimum Gasteiger partial charge on any atom is -0.481 e. The molecule has 2 rings (SSSR count). The molecule has 1 aromatic carbocycles. The summed E-state index contributed by atoms with van der Waals surface area (Å²) in [5.41, 5.74) is 3.61. The molecule has 0 atom stereocenters. The number of nitrogens with zero attached hydrogens (tertiary/aromatic N) is 1. The largest absolute Gasteiger partial charge is 0.481 e. The first-order chi connectivity index (χ1) is 10.8. The fourth-order valence-electron chi connectivity index (χ4n) is 3.29. The number of carboxylic acids is 1. The van der Waals surface area contributed by atoms with Crippen molar-refractivity contribution in [1.29, 1.82) is 0 Å². The molecule has 0 saturated carbocycles. The fraction of sp³-hybridized carbons (Fsp3) is 0.474. The van der Waals surface area contributed by atoms with Crippen molar-refractivity contribution in [3.8, 4) is 0 Å². The van der Waals surface area contributed by atoms with E-state index in [1.165, 1.54) is 0 Å². The number of aliphatic carboxylic acids is 1. The molecule has 4 heteroatoms. The Balaban J connectivity index is 2.88. The highest BCUT2D eigenvalue weighted by molar-refractivity contribution is 5.84. The number of aromatic nitrogens is 1. The average molecular weight is 315 g/mol. The molecule has 0 aliphatic rings. The summed E-state index contributed by atoms with van der Waals surface area (Å²) in [5.74, 6) is -0.566. The van der Waals surface area contributed by atoms with E-state index >= 15 is 0 Å². The molecule has 0 aliphatic carbocycles. The smallest absolute Gasteiger partial charge is 0.303 e. The number of fused-ring (bicyclic) bond motifs is 1. The Labute approximate surface area is 136 Å². The maximum atomic E-state index is 12.9. The lowest BCUT2D eigenvalue weighted by Gasteiger charge is -2.24. The first-order valence-corrected chi connectivity index (χ1v) is 8.14. The van der Waals surface area contributed by atoms with E-state index in [0.29, 0.717) is 16.9 Å². The third-order valence-corrected chi connectivity index (χ3v) is 4.35. The van der Waals surface area contributed by atoms with Crippen LogP contribution >= 0.6 is 0 Å². The molecule has 0 amide bonds. The Bertz CT molecular complexity index is 800. The molecule has 1 aromatic heterocycles. The van der Waals surface area contributed by atoms with Crippen LogP contribution in [0.25, 0.3) is 10.9 Å². The van der Waals surface area contributed by atoms with Gasteiger partial charge in [0.05, 0.1) is 5.52 Å². The SMILES string of the molecule is Cc1c(CCC(=O)O)c(=O)c2cccc(C(C)C)c2n1C(C)C. The summed E-state index contributed by atoms with van der Waals surface area (Å²) in [7, 11) is 0. The summed E-state index contributed by atoms with van der Waals surface area (Å²) >= 11 is 0. The summed E-state index contributed by atoms with van der Waals surface area (Å²) in [6.07, 6.45) is 0.248. The second-order valence-electron chi connectivity index (χ2n) is 6.65. The molecule has 0 fully saturated rings. The number of pyridine rings is 1. The molecule has 0 aliphatic heterocycles. The van der Waals surface area contributed by atoms with Gasteiger partial charge in [-0.25, -0.2) is 0 Å². The molecule has 4 nitrogen and oxygen atoms in total. The third-order valence-electron chi connectivity index (χ3n) is 4.35. The van der Waals surface area contributed by atoms with Crippen LogP contribution in [0, 0.1) is 6.92 Å². The molecule has 124 valence electrons.